The summed E-state index contributed by atoms with van der Waals surface area (Å²) in [4.78, 5) is 2.18. The average molecular weight is 292 g/mol. The summed E-state index contributed by atoms with van der Waals surface area (Å²) in [6.45, 7) is 12.6. The summed E-state index contributed by atoms with van der Waals surface area (Å²) in [5, 5.41) is 3.42. The van der Waals surface area contributed by atoms with Crippen LogP contribution in [0.1, 0.15) is 50.7 Å². The minimum atomic E-state index is 0.486. The molecule has 1 N–H and O–H groups in total. The van der Waals surface area contributed by atoms with Crippen molar-refractivity contribution in [2.75, 3.05) is 40.3 Å². The molecule has 1 rings (SSSR count). The molecule has 0 heterocycles. The van der Waals surface area contributed by atoms with E-state index in [4.69, 9.17) is 4.74 Å². The van der Waals surface area contributed by atoms with Crippen molar-refractivity contribution in [3.05, 3.63) is 29.3 Å². The predicted octanol–water partition coefficient (Wildman–Crippen LogP) is 3.46. The molecule has 0 bridgehead atoms. The number of para-hydroxylation sites is 1. The van der Waals surface area contributed by atoms with E-state index in [0.29, 0.717) is 11.8 Å². The summed E-state index contributed by atoms with van der Waals surface area (Å²) < 4.78 is 6.12. The van der Waals surface area contributed by atoms with Crippen molar-refractivity contribution in [2.24, 2.45) is 0 Å². The van der Waals surface area contributed by atoms with Gasteiger partial charge < -0.3 is 15.0 Å². The summed E-state index contributed by atoms with van der Waals surface area (Å²) in [7, 11) is 4.18. The summed E-state index contributed by atoms with van der Waals surface area (Å²) in [5.41, 5.74) is 2.63. The normalized spacial score (nSPS) is 11.7. The van der Waals surface area contributed by atoms with Gasteiger partial charge in [-0.2, -0.15) is 0 Å². The third-order valence-corrected chi connectivity index (χ3v) is 3.58. The molecule has 0 aliphatic carbocycles. The summed E-state index contributed by atoms with van der Waals surface area (Å²) in [6.07, 6.45) is 0. The largest absolute Gasteiger partial charge is 0.492 e. The molecule has 1 aromatic carbocycles. The molecule has 0 saturated carbocycles. The van der Waals surface area contributed by atoms with Crippen molar-refractivity contribution < 1.29 is 4.74 Å². The standard InChI is InChI=1S/C18H32N2O/c1-14(2)16-8-7-9-17(15(3)4)18(16)21-13-11-19-10-12-20(5)6/h7-9,14-15,19H,10-13H2,1-6H3. The first-order valence-corrected chi connectivity index (χ1v) is 8.04. The number of nitrogens with one attached hydrogen (secondary N) is 1. The van der Waals surface area contributed by atoms with Crippen LogP contribution in [0.2, 0.25) is 0 Å². The number of ether oxygens (including phenoxy) is 1. The maximum Gasteiger partial charge on any atom is 0.126 e. The summed E-state index contributed by atoms with van der Waals surface area (Å²) in [5.74, 6) is 2.07. The Morgan fingerprint density at radius 1 is 1.00 bits per heavy atom. The summed E-state index contributed by atoms with van der Waals surface area (Å²) >= 11 is 0. The topological polar surface area (TPSA) is 24.5 Å². The van der Waals surface area contributed by atoms with E-state index < -0.39 is 0 Å². The van der Waals surface area contributed by atoms with Gasteiger partial charge >= 0.3 is 0 Å². The number of hydrogen-bond acceptors (Lipinski definition) is 3. The molecule has 0 aliphatic heterocycles. The Labute approximate surface area is 130 Å². The van der Waals surface area contributed by atoms with E-state index in [1.165, 1.54) is 11.1 Å². The highest BCUT2D eigenvalue weighted by atomic mass is 16.5. The van der Waals surface area contributed by atoms with Crippen LogP contribution in [0.5, 0.6) is 5.75 Å². The van der Waals surface area contributed by atoms with E-state index >= 15 is 0 Å². The minimum Gasteiger partial charge on any atom is -0.492 e. The molecule has 120 valence electrons. The average Bonchev–Trinajstić information content (AvgIpc) is 2.41. The maximum absolute atomic E-state index is 6.12. The molecule has 0 saturated heterocycles. The van der Waals surface area contributed by atoms with Crippen LogP contribution in [-0.2, 0) is 0 Å². The van der Waals surface area contributed by atoms with Gasteiger partial charge in [-0.25, -0.2) is 0 Å². The fraction of sp³-hybridized carbons (Fsp3) is 0.667. The molecule has 0 fully saturated rings. The van der Waals surface area contributed by atoms with E-state index in [0.717, 1.165) is 32.0 Å². The third-order valence-electron chi connectivity index (χ3n) is 3.58. The molecular weight excluding hydrogens is 260 g/mol. The lowest BCUT2D eigenvalue weighted by Crippen LogP contribution is -2.29. The van der Waals surface area contributed by atoms with Crippen LogP contribution < -0.4 is 10.1 Å². The zero-order valence-electron chi connectivity index (χ0n) is 14.6. The van der Waals surface area contributed by atoms with Crippen LogP contribution >= 0.6 is 0 Å². The lowest BCUT2D eigenvalue weighted by atomic mass is 9.94. The van der Waals surface area contributed by atoms with Crippen molar-refractivity contribution >= 4 is 0 Å². The first-order valence-electron chi connectivity index (χ1n) is 8.04. The smallest absolute Gasteiger partial charge is 0.126 e. The van der Waals surface area contributed by atoms with Gasteiger partial charge in [-0.1, -0.05) is 45.9 Å². The lowest BCUT2D eigenvalue weighted by molar-refractivity contribution is 0.301. The molecule has 0 atom stereocenters. The quantitative estimate of drug-likeness (QED) is 0.705. The number of nitrogens with zero attached hydrogens (tertiary/aromatic N) is 1. The zero-order chi connectivity index (χ0) is 15.8. The Hall–Kier alpha value is -1.06. The monoisotopic (exact) mass is 292 g/mol. The van der Waals surface area contributed by atoms with Crippen molar-refractivity contribution in [2.45, 2.75) is 39.5 Å². The molecule has 3 nitrogen and oxygen atoms in total. The van der Waals surface area contributed by atoms with Gasteiger partial charge in [-0.05, 0) is 37.1 Å². The van der Waals surface area contributed by atoms with Crippen LogP contribution in [0.15, 0.2) is 18.2 Å². The first-order chi connectivity index (χ1) is 9.93. The molecule has 21 heavy (non-hydrogen) atoms. The first kappa shape index (κ1) is 18.0. The number of benzene rings is 1. The molecule has 0 spiro atoms. The van der Waals surface area contributed by atoms with Gasteiger partial charge in [0.15, 0.2) is 0 Å². The maximum atomic E-state index is 6.12. The number of likely N-dealkylation sites (N-methyl/N-ethyl adjacent to an activating group) is 1. The second-order valence-corrected chi connectivity index (χ2v) is 6.48. The van der Waals surface area contributed by atoms with E-state index in [9.17, 15) is 0 Å². The Balaban J connectivity index is 2.60. The summed E-state index contributed by atoms with van der Waals surface area (Å²) in [6, 6.07) is 6.52. The fourth-order valence-electron chi connectivity index (χ4n) is 2.30. The second-order valence-electron chi connectivity index (χ2n) is 6.48. The van der Waals surface area contributed by atoms with Gasteiger partial charge in [0, 0.05) is 19.6 Å². The number of rotatable bonds is 9. The molecule has 0 aromatic heterocycles. The fourth-order valence-corrected chi connectivity index (χ4v) is 2.30. The van der Waals surface area contributed by atoms with Crippen molar-refractivity contribution in [3.63, 3.8) is 0 Å². The van der Waals surface area contributed by atoms with Gasteiger partial charge in [0.05, 0.1) is 0 Å². The van der Waals surface area contributed by atoms with Crippen molar-refractivity contribution in [1.29, 1.82) is 0 Å². The molecule has 0 amide bonds. The molecule has 0 radical (unpaired) electrons. The highest BCUT2D eigenvalue weighted by Gasteiger charge is 2.14. The molecule has 0 aliphatic rings. The van der Waals surface area contributed by atoms with Gasteiger partial charge in [0.25, 0.3) is 0 Å². The van der Waals surface area contributed by atoms with Gasteiger partial charge in [-0.15, -0.1) is 0 Å². The van der Waals surface area contributed by atoms with E-state index in [1.54, 1.807) is 0 Å². The van der Waals surface area contributed by atoms with Crippen LogP contribution in [0, 0.1) is 0 Å². The van der Waals surface area contributed by atoms with Crippen LogP contribution in [0.4, 0.5) is 0 Å². The van der Waals surface area contributed by atoms with Gasteiger partial charge in [-0.3, -0.25) is 0 Å². The Morgan fingerprint density at radius 3 is 2.05 bits per heavy atom. The van der Waals surface area contributed by atoms with Gasteiger partial charge in [0.1, 0.15) is 12.4 Å². The Bertz CT molecular complexity index is 387. The second kappa shape index (κ2) is 9.06. The molecular formula is C18H32N2O. The Kier molecular flexibility index (Phi) is 7.76. The van der Waals surface area contributed by atoms with E-state index in [2.05, 4.69) is 70.2 Å². The molecule has 3 heteroatoms. The van der Waals surface area contributed by atoms with E-state index in [1.807, 2.05) is 0 Å². The van der Waals surface area contributed by atoms with Crippen molar-refractivity contribution in [3.8, 4) is 5.75 Å². The number of hydrogen-bond donors (Lipinski definition) is 1. The van der Waals surface area contributed by atoms with Gasteiger partial charge in [0.2, 0.25) is 0 Å². The molecule has 1 aromatic rings. The zero-order valence-corrected chi connectivity index (χ0v) is 14.6. The predicted molar refractivity (Wildman–Crippen MR) is 91.5 cm³/mol. The highest BCUT2D eigenvalue weighted by molar-refractivity contribution is 5.44. The van der Waals surface area contributed by atoms with Crippen LogP contribution in [0.25, 0.3) is 0 Å². The Morgan fingerprint density at radius 2 is 1.57 bits per heavy atom. The van der Waals surface area contributed by atoms with Crippen molar-refractivity contribution in [1.82, 2.24) is 10.2 Å². The minimum absolute atomic E-state index is 0.486. The van der Waals surface area contributed by atoms with Crippen LogP contribution in [-0.4, -0.2) is 45.2 Å². The lowest BCUT2D eigenvalue weighted by Gasteiger charge is -2.20. The van der Waals surface area contributed by atoms with E-state index in [-0.39, 0.29) is 0 Å². The highest BCUT2D eigenvalue weighted by Crippen LogP contribution is 2.34. The van der Waals surface area contributed by atoms with Crippen LogP contribution in [0.3, 0.4) is 0 Å². The molecule has 0 unspecified atom stereocenters. The third kappa shape index (κ3) is 6.06. The SMILES string of the molecule is CC(C)c1cccc(C(C)C)c1OCCNCCN(C)C.